The SMILES string of the molecule is COc1cccc([C@H](NP2(=O)N(C(C)C)[C@H](c3ccccc3)[C@@H](c3ccccc3)N2C(C)C)[C@@H](N=C(c2ccccc2)c2ccccc2NC(=O)c2ccccn2)C(=O)O)c1. The van der Waals surface area contributed by atoms with Gasteiger partial charge in [-0.3, -0.25) is 19.3 Å². The molecule has 11 nitrogen and oxygen atoms in total. The largest absolute Gasteiger partial charge is 0.497 e. The predicted molar refractivity (Wildman–Crippen MR) is 241 cm³/mol. The van der Waals surface area contributed by atoms with Crippen molar-refractivity contribution in [1.82, 2.24) is 19.4 Å². The standard InChI is InChI=1S/C49H51N6O5P/c1-33(2)54-46(36-22-11-7-12-23-36)47(37-24-13-8-14-25-37)55(34(3)4)61(54,59)53-44(38-26-19-27-39(32-38)60-5)45(49(57)58)52-43(35-20-9-6-10-21-35)40-28-15-16-29-41(40)51-48(56)42-30-17-18-31-50-42/h6-34,44-47H,1-5H3,(H,51,56)(H,53,59)(H,57,58)/t44-,45+,46+,47+/m0/s1. The van der Waals surface area contributed by atoms with Crippen LogP contribution in [0, 0.1) is 0 Å². The Hall–Kier alpha value is -6.23. The van der Waals surface area contributed by atoms with Gasteiger partial charge in [0.1, 0.15) is 11.4 Å². The molecule has 0 saturated carbocycles. The monoisotopic (exact) mass is 834 g/mol. The number of aliphatic imine (C=N–C) groups is 1. The van der Waals surface area contributed by atoms with Crippen molar-refractivity contribution in [2.75, 3.05) is 12.4 Å². The number of amides is 1. The molecule has 7 rings (SSSR count). The van der Waals surface area contributed by atoms with Crippen LogP contribution in [0.4, 0.5) is 5.69 Å². The summed E-state index contributed by atoms with van der Waals surface area (Å²) >= 11 is 0. The Kier molecular flexibility index (Phi) is 13.4. The number of methoxy groups -OCH3 is 1. The predicted octanol–water partition coefficient (Wildman–Crippen LogP) is 9.99. The Morgan fingerprint density at radius 3 is 1.82 bits per heavy atom. The number of hydrogen-bond donors (Lipinski definition) is 3. The maximum Gasteiger partial charge on any atom is 0.330 e. The number of aromatic nitrogens is 1. The number of rotatable bonds is 15. The third-order valence-electron chi connectivity index (χ3n) is 10.8. The van der Waals surface area contributed by atoms with Crippen LogP contribution >= 0.6 is 7.59 Å². The molecule has 12 heteroatoms. The second-order valence-electron chi connectivity index (χ2n) is 15.4. The summed E-state index contributed by atoms with van der Waals surface area (Å²) in [5, 5.41) is 18.0. The van der Waals surface area contributed by atoms with E-state index in [0.29, 0.717) is 33.8 Å². The minimum absolute atomic E-state index is 0.217. The van der Waals surface area contributed by atoms with Gasteiger partial charge < -0.3 is 15.2 Å². The molecule has 1 aliphatic heterocycles. The summed E-state index contributed by atoms with van der Waals surface area (Å²) in [6, 6.07) is 44.7. The summed E-state index contributed by atoms with van der Waals surface area (Å²) < 4.78 is 26.5. The van der Waals surface area contributed by atoms with E-state index in [0.717, 1.165) is 11.1 Å². The molecule has 0 spiro atoms. The average molecular weight is 835 g/mol. The van der Waals surface area contributed by atoms with E-state index in [2.05, 4.69) is 39.7 Å². The molecular formula is C49H51N6O5P. The number of hydrogen-bond acceptors (Lipinski definition) is 6. The van der Waals surface area contributed by atoms with Crippen LogP contribution in [-0.4, -0.2) is 62.3 Å². The van der Waals surface area contributed by atoms with E-state index in [1.54, 1.807) is 74.0 Å². The smallest absolute Gasteiger partial charge is 0.330 e. The first-order chi connectivity index (χ1) is 29.5. The van der Waals surface area contributed by atoms with E-state index >= 15 is 4.57 Å². The fourth-order valence-electron chi connectivity index (χ4n) is 8.25. The van der Waals surface area contributed by atoms with Crippen molar-refractivity contribution in [1.29, 1.82) is 0 Å². The molecule has 3 N–H and O–H groups in total. The van der Waals surface area contributed by atoms with Crippen LogP contribution in [0.15, 0.2) is 169 Å². The Labute approximate surface area is 357 Å². The molecular weight excluding hydrogens is 784 g/mol. The van der Waals surface area contributed by atoms with Crippen LogP contribution in [0.25, 0.3) is 0 Å². The van der Waals surface area contributed by atoms with Crippen LogP contribution in [0.2, 0.25) is 0 Å². The molecule has 6 aromatic rings. The van der Waals surface area contributed by atoms with Gasteiger partial charge in [-0.2, -0.15) is 0 Å². The number of pyridine rings is 1. The number of carbonyl (C=O) groups is 2. The van der Waals surface area contributed by atoms with Gasteiger partial charge in [0.25, 0.3) is 13.5 Å². The van der Waals surface area contributed by atoms with Crippen molar-refractivity contribution >= 4 is 30.9 Å². The lowest BCUT2D eigenvalue weighted by Gasteiger charge is -2.39. The lowest BCUT2D eigenvalue weighted by molar-refractivity contribution is -0.139. The molecule has 5 aromatic carbocycles. The Balaban J connectivity index is 1.44. The average Bonchev–Trinajstić information content (AvgIpc) is 3.57. The van der Waals surface area contributed by atoms with E-state index < -0.39 is 31.6 Å². The topological polar surface area (TPSA) is 136 Å². The second kappa shape index (κ2) is 19.0. The van der Waals surface area contributed by atoms with Crippen molar-refractivity contribution in [3.63, 3.8) is 0 Å². The molecule has 1 amide bonds. The molecule has 0 radical (unpaired) electrons. The van der Waals surface area contributed by atoms with Gasteiger partial charge in [-0.05, 0) is 74.7 Å². The molecule has 61 heavy (non-hydrogen) atoms. The Bertz CT molecular complexity index is 2440. The highest BCUT2D eigenvalue weighted by Crippen LogP contribution is 2.69. The van der Waals surface area contributed by atoms with Gasteiger partial charge >= 0.3 is 5.97 Å². The fourth-order valence-corrected chi connectivity index (χ4v) is 11.9. The van der Waals surface area contributed by atoms with Crippen molar-refractivity contribution in [3.05, 3.63) is 197 Å². The highest BCUT2D eigenvalue weighted by atomic mass is 31.2. The zero-order chi connectivity index (χ0) is 43.1. The molecule has 0 aliphatic carbocycles. The number of ether oxygens (including phenoxy) is 1. The molecule has 4 atom stereocenters. The van der Waals surface area contributed by atoms with E-state index in [1.165, 1.54) is 0 Å². The molecule has 312 valence electrons. The Morgan fingerprint density at radius 1 is 0.721 bits per heavy atom. The lowest BCUT2D eigenvalue weighted by Crippen LogP contribution is -2.43. The maximum atomic E-state index is 16.7. The van der Waals surface area contributed by atoms with Gasteiger partial charge in [0, 0.05) is 29.4 Å². The normalized spacial score (nSPS) is 17.9. The Morgan fingerprint density at radius 2 is 1.28 bits per heavy atom. The molecule has 1 aliphatic rings. The summed E-state index contributed by atoms with van der Waals surface area (Å²) in [7, 11) is -2.41. The summed E-state index contributed by atoms with van der Waals surface area (Å²) in [5.74, 6) is -1.19. The molecule has 1 saturated heterocycles. The molecule has 0 unspecified atom stereocenters. The van der Waals surface area contributed by atoms with Crippen LogP contribution in [0.5, 0.6) is 5.75 Å². The number of carboxylic acids is 1. The minimum Gasteiger partial charge on any atom is -0.497 e. The van der Waals surface area contributed by atoms with Gasteiger partial charge in [0.05, 0.1) is 36.6 Å². The molecule has 1 fully saturated rings. The summed E-state index contributed by atoms with van der Waals surface area (Å²) in [6.45, 7) is 8.08. The van der Waals surface area contributed by atoms with Crippen LogP contribution in [0.3, 0.4) is 0 Å². The number of carbonyl (C=O) groups excluding carboxylic acids is 1. The van der Waals surface area contributed by atoms with Crippen LogP contribution < -0.4 is 15.1 Å². The summed E-state index contributed by atoms with van der Waals surface area (Å²) in [5.41, 5.74) is 4.53. The lowest BCUT2D eigenvalue weighted by atomic mass is 9.92. The highest BCUT2D eigenvalue weighted by Gasteiger charge is 2.59. The van der Waals surface area contributed by atoms with E-state index in [9.17, 15) is 14.7 Å². The number of carboxylic acid groups (broad SMARTS) is 1. The number of para-hydroxylation sites is 1. The van der Waals surface area contributed by atoms with E-state index in [1.807, 2.05) is 110 Å². The summed E-state index contributed by atoms with van der Waals surface area (Å²) in [6.07, 6.45) is 1.54. The van der Waals surface area contributed by atoms with Gasteiger partial charge in [-0.1, -0.05) is 127 Å². The van der Waals surface area contributed by atoms with Gasteiger partial charge in [-0.25, -0.2) is 19.2 Å². The minimum atomic E-state index is -3.95. The maximum absolute atomic E-state index is 16.7. The fraction of sp³-hybridized carbons (Fsp3) is 0.224. The number of benzene rings is 5. The quantitative estimate of drug-likeness (QED) is 0.0682. The molecule has 2 heterocycles. The van der Waals surface area contributed by atoms with Crippen LogP contribution in [0.1, 0.15) is 84.1 Å². The van der Waals surface area contributed by atoms with Crippen molar-refractivity contribution < 1.29 is 24.0 Å². The first-order valence-corrected chi connectivity index (χ1v) is 22.0. The van der Waals surface area contributed by atoms with Crippen molar-refractivity contribution in [2.24, 2.45) is 4.99 Å². The van der Waals surface area contributed by atoms with E-state index in [4.69, 9.17) is 9.73 Å². The van der Waals surface area contributed by atoms with Gasteiger partial charge in [-0.15, -0.1) is 0 Å². The third kappa shape index (κ3) is 9.11. The van der Waals surface area contributed by atoms with Gasteiger partial charge in [0.2, 0.25) is 0 Å². The molecule has 1 aromatic heterocycles. The highest BCUT2D eigenvalue weighted by molar-refractivity contribution is 7.57. The number of aliphatic carboxylic acids is 1. The zero-order valence-corrected chi connectivity index (χ0v) is 35.8. The number of anilines is 1. The van der Waals surface area contributed by atoms with E-state index in [-0.39, 0.29) is 29.9 Å². The first-order valence-electron chi connectivity index (χ1n) is 20.4. The first kappa shape index (κ1) is 42.9. The van der Waals surface area contributed by atoms with Crippen molar-refractivity contribution in [3.8, 4) is 5.75 Å². The summed E-state index contributed by atoms with van der Waals surface area (Å²) in [4.78, 5) is 36.9. The van der Waals surface area contributed by atoms with Crippen molar-refractivity contribution in [2.45, 2.75) is 63.9 Å². The van der Waals surface area contributed by atoms with Gasteiger partial charge in [0.15, 0.2) is 6.04 Å². The third-order valence-corrected chi connectivity index (χ3v) is 14.1. The van der Waals surface area contributed by atoms with Crippen LogP contribution in [-0.2, 0) is 9.36 Å². The number of nitrogens with zero attached hydrogens (tertiary/aromatic N) is 4. The zero-order valence-electron chi connectivity index (χ0n) is 34.9. The molecule has 0 bridgehead atoms. The number of nitrogens with one attached hydrogen (secondary N) is 2. The second-order valence-corrected chi connectivity index (χ2v) is 17.7.